The molecule has 116 valence electrons. The third-order valence-corrected chi connectivity index (χ3v) is 3.18. The summed E-state index contributed by atoms with van der Waals surface area (Å²) in [5, 5.41) is 5.89. The second-order valence-corrected chi connectivity index (χ2v) is 4.94. The monoisotopic (exact) mass is 303 g/mol. The molecule has 0 fully saturated rings. The van der Waals surface area contributed by atoms with E-state index in [0.717, 1.165) is 10.9 Å². The summed E-state index contributed by atoms with van der Waals surface area (Å²) in [5.74, 6) is -0.807. The second kappa shape index (κ2) is 6.40. The second-order valence-electron chi connectivity index (χ2n) is 4.94. The van der Waals surface area contributed by atoms with E-state index in [2.05, 4.69) is 10.6 Å². The summed E-state index contributed by atoms with van der Waals surface area (Å²) in [6.07, 6.45) is 0. The quantitative estimate of drug-likeness (QED) is 0.712. The third kappa shape index (κ3) is 3.50. The van der Waals surface area contributed by atoms with Crippen LogP contribution in [0.1, 0.15) is 12.5 Å². The molecule has 1 atom stereocenters. The first-order valence-electron chi connectivity index (χ1n) is 6.75. The van der Waals surface area contributed by atoms with E-state index in [1.807, 2.05) is 6.92 Å². The Morgan fingerprint density at radius 1 is 1.32 bits per heavy atom. The van der Waals surface area contributed by atoms with Gasteiger partial charge in [0.2, 0.25) is 11.8 Å². The van der Waals surface area contributed by atoms with E-state index in [0.29, 0.717) is 11.3 Å². The largest absolute Gasteiger partial charge is 0.423 e. The minimum absolute atomic E-state index is 0.183. The van der Waals surface area contributed by atoms with Gasteiger partial charge < -0.3 is 20.8 Å². The van der Waals surface area contributed by atoms with Gasteiger partial charge in [-0.15, -0.1) is 0 Å². The Kier molecular flexibility index (Phi) is 4.57. The molecule has 0 spiro atoms. The Morgan fingerprint density at radius 2 is 2.05 bits per heavy atom. The predicted molar refractivity (Wildman–Crippen MR) is 82.5 cm³/mol. The van der Waals surface area contributed by atoms with E-state index in [-0.39, 0.29) is 6.54 Å². The van der Waals surface area contributed by atoms with Gasteiger partial charge in [-0.2, -0.15) is 0 Å². The van der Waals surface area contributed by atoms with Gasteiger partial charge in [0.1, 0.15) is 11.6 Å². The van der Waals surface area contributed by atoms with Crippen molar-refractivity contribution in [1.82, 2.24) is 5.32 Å². The number of nitrogens with one attached hydrogen (secondary N) is 2. The first-order valence-corrected chi connectivity index (χ1v) is 6.75. The molecule has 2 amide bonds. The molecule has 1 aromatic heterocycles. The van der Waals surface area contributed by atoms with Crippen molar-refractivity contribution in [2.24, 2.45) is 5.73 Å². The molecule has 4 N–H and O–H groups in total. The van der Waals surface area contributed by atoms with Crippen LogP contribution in [0.2, 0.25) is 0 Å². The lowest BCUT2D eigenvalue weighted by Gasteiger charge is -2.13. The predicted octanol–water partition coefficient (Wildman–Crippen LogP) is 0.503. The van der Waals surface area contributed by atoms with Crippen LogP contribution in [0.15, 0.2) is 33.5 Å². The average molecular weight is 303 g/mol. The Labute approximate surface area is 126 Å². The molecule has 0 bridgehead atoms. The van der Waals surface area contributed by atoms with Gasteiger partial charge in [0.05, 0.1) is 6.54 Å². The fourth-order valence-corrected chi connectivity index (χ4v) is 2.02. The van der Waals surface area contributed by atoms with Crippen molar-refractivity contribution in [1.29, 1.82) is 0 Å². The molecule has 2 rings (SSSR count). The molecular weight excluding hydrogens is 286 g/mol. The zero-order valence-electron chi connectivity index (χ0n) is 12.3. The molecule has 0 saturated heterocycles. The first-order chi connectivity index (χ1) is 10.4. The zero-order valence-corrected chi connectivity index (χ0v) is 12.3. The molecule has 0 aliphatic carbocycles. The van der Waals surface area contributed by atoms with Gasteiger partial charge in [0.15, 0.2) is 0 Å². The van der Waals surface area contributed by atoms with Crippen molar-refractivity contribution in [3.8, 4) is 0 Å². The van der Waals surface area contributed by atoms with Gasteiger partial charge in [0, 0.05) is 23.2 Å². The smallest absolute Gasteiger partial charge is 0.336 e. The third-order valence-electron chi connectivity index (χ3n) is 3.18. The normalized spacial score (nSPS) is 12.0. The molecule has 0 aliphatic rings. The number of carbonyl (C=O) groups excluding carboxylic acids is 2. The van der Waals surface area contributed by atoms with Crippen molar-refractivity contribution >= 4 is 28.5 Å². The fourth-order valence-electron chi connectivity index (χ4n) is 2.02. The number of hydrogen-bond acceptors (Lipinski definition) is 5. The number of hydrogen-bond donors (Lipinski definition) is 3. The highest BCUT2D eigenvalue weighted by atomic mass is 16.4. The zero-order chi connectivity index (χ0) is 16.3. The lowest BCUT2D eigenvalue weighted by atomic mass is 10.1. The van der Waals surface area contributed by atoms with Crippen LogP contribution >= 0.6 is 0 Å². The summed E-state index contributed by atoms with van der Waals surface area (Å²) in [5.41, 5.74) is 6.39. The molecule has 0 saturated carbocycles. The Bertz CT molecular complexity index is 782. The van der Waals surface area contributed by atoms with Crippen molar-refractivity contribution in [3.05, 3.63) is 40.2 Å². The molecule has 22 heavy (non-hydrogen) atoms. The number of fused-ring (bicyclic) bond motifs is 1. The number of rotatable bonds is 4. The van der Waals surface area contributed by atoms with Crippen molar-refractivity contribution < 1.29 is 14.0 Å². The SMILES string of the molecule is Cc1cc(=O)oc2cc(NC(=O)[C@H](C)NC(=O)CN)ccc12. The highest BCUT2D eigenvalue weighted by Gasteiger charge is 2.15. The fraction of sp³-hybridized carbons (Fsp3) is 0.267. The lowest BCUT2D eigenvalue weighted by molar-refractivity contribution is -0.125. The Hall–Kier alpha value is -2.67. The lowest BCUT2D eigenvalue weighted by Crippen LogP contribution is -2.44. The summed E-state index contributed by atoms with van der Waals surface area (Å²) in [6, 6.07) is 5.71. The van der Waals surface area contributed by atoms with Crippen LogP contribution in [-0.4, -0.2) is 24.4 Å². The Balaban J connectivity index is 2.20. The van der Waals surface area contributed by atoms with E-state index in [1.54, 1.807) is 25.1 Å². The first kappa shape index (κ1) is 15.7. The summed E-state index contributed by atoms with van der Waals surface area (Å²) < 4.78 is 5.11. The number of carbonyl (C=O) groups is 2. The molecule has 1 heterocycles. The van der Waals surface area contributed by atoms with Crippen molar-refractivity contribution in [3.63, 3.8) is 0 Å². The van der Waals surface area contributed by atoms with Crippen LogP contribution in [0.4, 0.5) is 5.69 Å². The number of aryl methyl sites for hydroxylation is 1. The number of benzene rings is 1. The molecule has 7 heteroatoms. The molecule has 0 aliphatic heterocycles. The van der Waals surface area contributed by atoms with Gasteiger partial charge in [-0.25, -0.2) is 4.79 Å². The van der Waals surface area contributed by atoms with E-state index in [1.165, 1.54) is 6.07 Å². The van der Waals surface area contributed by atoms with Crippen LogP contribution in [0.25, 0.3) is 11.0 Å². The van der Waals surface area contributed by atoms with E-state index < -0.39 is 23.5 Å². The van der Waals surface area contributed by atoms with Crippen LogP contribution in [0, 0.1) is 6.92 Å². The average Bonchev–Trinajstić information content (AvgIpc) is 2.46. The van der Waals surface area contributed by atoms with Crippen LogP contribution in [0.3, 0.4) is 0 Å². The van der Waals surface area contributed by atoms with E-state index in [4.69, 9.17) is 10.2 Å². The Morgan fingerprint density at radius 3 is 2.73 bits per heavy atom. The minimum atomic E-state index is -0.726. The molecule has 7 nitrogen and oxygen atoms in total. The van der Waals surface area contributed by atoms with Gasteiger partial charge in [-0.05, 0) is 31.5 Å². The van der Waals surface area contributed by atoms with Crippen LogP contribution in [0.5, 0.6) is 0 Å². The minimum Gasteiger partial charge on any atom is -0.423 e. The van der Waals surface area contributed by atoms with E-state index in [9.17, 15) is 14.4 Å². The maximum atomic E-state index is 12.0. The number of anilines is 1. The highest BCUT2D eigenvalue weighted by Crippen LogP contribution is 2.20. The van der Waals surface area contributed by atoms with Crippen LogP contribution in [-0.2, 0) is 9.59 Å². The standard InChI is InChI=1S/C15H17N3O4/c1-8-5-14(20)22-12-6-10(3-4-11(8)12)18-15(21)9(2)17-13(19)7-16/h3-6,9H,7,16H2,1-2H3,(H,17,19)(H,18,21)/t9-/m0/s1. The summed E-state index contributed by atoms with van der Waals surface area (Å²) in [7, 11) is 0. The van der Waals surface area contributed by atoms with Gasteiger partial charge in [0.25, 0.3) is 0 Å². The molecular formula is C15H17N3O4. The van der Waals surface area contributed by atoms with E-state index >= 15 is 0 Å². The summed E-state index contributed by atoms with van der Waals surface area (Å²) >= 11 is 0. The maximum Gasteiger partial charge on any atom is 0.336 e. The molecule has 0 unspecified atom stereocenters. The topological polar surface area (TPSA) is 114 Å². The number of nitrogens with two attached hydrogens (primary N) is 1. The molecule has 0 radical (unpaired) electrons. The van der Waals surface area contributed by atoms with Gasteiger partial charge in [-0.1, -0.05) is 0 Å². The molecule has 1 aromatic carbocycles. The summed E-state index contributed by atoms with van der Waals surface area (Å²) in [6.45, 7) is 3.17. The molecule has 2 aromatic rings. The van der Waals surface area contributed by atoms with Gasteiger partial charge in [-0.3, -0.25) is 9.59 Å². The van der Waals surface area contributed by atoms with Gasteiger partial charge >= 0.3 is 5.63 Å². The van der Waals surface area contributed by atoms with Crippen molar-refractivity contribution in [2.75, 3.05) is 11.9 Å². The number of amides is 2. The summed E-state index contributed by atoms with van der Waals surface area (Å²) in [4.78, 5) is 34.5. The highest BCUT2D eigenvalue weighted by molar-refractivity contribution is 5.98. The van der Waals surface area contributed by atoms with Crippen molar-refractivity contribution in [2.45, 2.75) is 19.9 Å². The van der Waals surface area contributed by atoms with Crippen LogP contribution < -0.4 is 22.0 Å². The maximum absolute atomic E-state index is 12.0.